The number of hydrogen-bond acceptors (Lipinski definition) is 3. The molecule has 1 aliphatic heterocycles. The van der Waals surface area contributed by atoms with Crippen LogP contribution < -0.4 is 4.74 Å². The molecular weight excluding hydrogens is 325 g/mol. The molecule has 0 aliphatic carbocycles. The second kappa shape index (κ2) is 6.18. The van der Waals surface area contributed by atoms with Crippen molar-refractivity contribution in [1.29, 1.82) is 0 Å². The van der Waals surface area contributed by atoms with Crippen LogP contribution in [0.15, 0.2) is 24.4 Å². The molecular formula is C15H15Cl2N3O2. The normalized spacial score (nSPS) is 15.3. The highest BCUT2D eigenvalue weighted by atomic mass is 35.5. The SMILES string of the molecule is CC(Oc1cccc(Cl)c1Cl)C(=O)N1CCc2[nH]ncc2C1. The number of carbonyl (C=O) groups is 1. The third kappa shape index (κ3) is 2.91. The lowest BCUT2D eigenvalue weighted by Gasteiger charge is -2.29. The van der Waals surface area contributed by atoms with E-state index in [1.807, 2.05) is 0 Å². The van der Waals surface area contributed by atoms with Gasteiger partial charge in [-0.05, 0) is 19.1 Å². The van der Waals surface area contributed by atoms with Gasteiger partial charge >= 0.3 is 0 Å². The smallest absolute Gasteiger partial charge is 0.263 e. The van der Waals surface area contributed by atoms with Gasteiger partial charge in [0, 0.05) is 30.8 Å². The van der Waals surface area contributed by atoms with E-state index < -0.39 is 6.10 Å². The summed E-state index contributed by atoms with van der Waals surface area (Å²) >= 11 is 12.0. The van der Waals surface area contributed by atoms with Gasteiger partial charge < -0.3 is 9.64 Å². The fourth-order valence-corrected chi connectivity index (χ4v) is 2.82. The van der Waals surface area contributed by atoms with Crippen molar-refractivity contribution in [1.82, 2.24) is 15.1 Å². The van der Waals surface area contributed by atoms with Crippen LogP contribution >= 0.6 is 23.2 Å². The largest absolute Gasteiger partial charge is 0.479 e. The topological polar surface area (TPSA) is 58.2 Å². The first-order chi connectivity index (χ1) is 10.6. The van der Waals surface area contributed by atoms with Crippen LogP contribution in [0.1, 0.15) is 18.2 Å². The number of fused-ring (bicyclic) bond motifs is 1. The van der Waals surface area contributed by atoms with Crippen LogP contribution in [-0.4, -0.2) is 33.7 Å². The summed E-state index contributed by atoms with van der Waals surface area (Å²) in [6.45, 7) is 2.90. The monoisotopic (exact) mass is 339 g/mol. The standard InChI is InChI=1S/C15H15Cl2N3O2/c1-9(22-13-4-2-3-11(16)14(13)17)15(21)20-6-5-12-10(8-20)7-18-19-12/h2-4,7,9H,5-6,8H2,1H3,(H,18,19). The zero-order valence-corrected chi connectivity index (χ0v) is 13.5. The highest BCUT2D eigenvalue weighted by Gasteiger charge is 2.27. The van der Waals surface area contributed by atoms with Crippen molar-refractivity contribution in [2.45, 2.75) is 26.0 Å². The highest BCUT2D eigenvalue weighted by Crippen LogP contribution is 2.32. The lowest BCUT2D eigenvalue weighted by atomic mass is 10.1. The van der Waals surface area contributed by atoms with Crippen LogP contribution in [-0.2, 0) is 17.8 Å². The van der Waals surface area contributed by atoms with Crippen molar-refractivity contribution in [3.05, 3.63) is 45.7 Å². The Morgan fingerprint density at radius 2 is 2.27 bits per heavy atom. The minimum Gasteiger partial charge on any atom is -0.479 e. The van der Waals surface area contributed by atoms with Crippen molar-refractivity contribution in [2.75, 3.05) is 6.54 Å². The second-order valence-corrected chi connectivity index (χ2v) is 5.98. The number of carbonyl (C=O) groups excluding carboxylic acids is 1. The predicted octanol–water partition coefficient (Wildman–Crippen LogP) is 3.07. The average Bonchev–Trinajstić information content (AvgIpc) is 2.98. The van der Waals surface area contributed by atoms with E-state index in [-0.39, 0.29) is 5.91 Å². The Balaban J connectivity index is 1.69. The molecule has 1 aromatic carbocycles. The van der Waals surface area contributed by atoms with Gasteiger partial charge in [-0.2, -0.15) is 5.10 Å². The number of halogens is 2. The number of rotatable bonds is 3. The van der Waals surface area contributed by atoms with Crippen molar-refractivity contribution in [3.63, 3.8) is 0 Å². The molecule has 0 saturated heterocycles. The molecule has 1 unspecified atom stereocenters. The molecule has 5 nitrogen and oxygen atoms in total. The van der Waals surface area contributed by atoms with Gasteiger partial charge in [0.05, 0.1) is 11.2 Å². The van der Waals surface area contributed by atoms with E-state index in [2.05, 4.69) is 10.2 Å². The highest BCUT2D eigenvalue weighted by molar-refractivity contribution is 6.42. The summed E-state index contributed by atoms with van der Waals surface area (Å²) in [5.41, 5.74) is 2.14. The first kappa shape index (κ1) is 15.2. The summed E-state index contributed by atoms with van der Waals surface area (Å²) in [6, 6.07) is 5.11. The number of aromatic nitrogens is 2. The first-order valence-electron chi connectivity index (χ1n) is 6.97. The number of ether oxygens (including phenoxy) is 1. The summed E-state index contributed by atoms with van der Waals surface area (Å²) in [7, 11) is 0. The Bertz CT molecular complexity index is 702. The van der Waals surface area contributed by atoms with Crippen LogP contribution in [0.5, 0.6) is 5.75 Å². The molecule has 0 saturated carbocycles. The molecule has 116 valence electrons. The maximum atomic E-state index is 12.5. The van der Waals surface area contributed by atoms with Crippen molar-refractivity contribution < 1.29 is 9.53 Å². The molecule has 1 aliphatic rings. The van der Waals surface area contributed by atoms with Crippen molar-refractivity contribution >= 4 is 29.1 Å². The van der Waals surface area contributed by atoms with Crippen molar-refractivity contribution in [3.8, 4) is 5.75 Å². The van der Waals surface area contributed by atoms with Gasteiger partial charge in [0.1, 0.15) is 10.8 Å². The molecule has 0 radical (unpaired) electrons. The Hall–Kier alpha value is -1.72. The van der Waals surface area contributed by atoms with Gasteiger partial charge in [-0.15, -0.1) is 0 Å². The fourth-order valence-electron chi connectivity index (χ4n) is 2.48. The summed E-state index contributed by atoms with van der Waals surface area (Å²) in [6.07, 6.45) is 1.89. The average molecular weight is 340 g/mol. The number of nitrogens with zero attached hydrogens (tertiary/aromatic N) is 2. The molecule has 1 amide bonds. The molecule has 2 heterocycles. The van der Waals surface area contributed by atoms with Crippen LogP contribution in [0, 0.1) is 0 Å². The number of hydrogen-bond donors (Lipinski definition) is 1. The minimum absolute atomic E-state index is 0.0807. The van der Waals surface area contributed by atoms with Crippen LogP contribution in [0.3, 0.4) is 0 Å². The van der Waals surface area contributed by atoms with Gasteiger partial charge in [0.15, 0.2) is 6.10 Å². The molecule has 1 aromatic heterocycles. The van der Waals surface area contributed by atoms with E-state index in [0.717, 1.165) is 17.7 Å². The Morgan fingerprint density at radius 1 is 1.45 bits per heavy atom. The number of H-pyrrole nitrogens is 1. The van der Waals surface area contributed by atoms with Crippen LogP contribution in [0.2, 0.25) is 10.0 Å². The summed E-state index contributed by atoms with van der Waals surface area (Å²) in [5, 5.41) is 7.68. The summed E-state index contributed by atoms with van der Waals surface area (Å²) in [5.74, 6) is 0.332. The fraction of sp³-hybridized carbons (Fsp3) is 0.333. The summed E-state index contributed by atoms with van der Waals surface area (Å²) in [4.78, 5) is 14.3. The Kier molecular flexibility index (Phi) is 4.27. The third-order valence-electron chi connectivity index (χ3n) is 3.68. The first-order valence-corrected chi connectivity index (χ1v) is 7.72. The minimum atomic E-state index is -0.635. The Morgan fingerprint density at radius 3 is 3.09 bits per heavy atom. The molecule has 22 heavy (non-hydrogen) atoms. The molecule has 0 fully saturated rings. The number of aromatic amines is 1. The van der Waals surface area contributed by atoms with Gasteiger partial charge in [-0.25, -0.2) is 0 Å². The maximum Gasteiger partial charge on any atom is 0.263 e. The lowest BCUT2D eigenvalue weighted by Crippen LogP contribution is -2.43. The molecule has 0 bridgehead atoms. The maximum absolute atomic E-state index is 12.5. The van der Waals surface area contributed by atoms with Crippen LogP contribution in [0.25, 0.3) is 0 Å². The number of nitrogens with one attached hydrogen (secondary N) is 1. The second-order valence-electron chi connectivity index (χ2n) is 5.20. The molecule has 3 rings (SSSR count). The predicted molar refractivity (Wildman–Crippen MR) is 84.3 cm³/mol. The van der Waals surface area contributed by atoms with Gasteiger partial charge in [-0.3, -0.25) is 9.89 Å². The van der Waals surface area contributed by atoms with E-state index in [1.165, 1.54) is 0 Å². The number of amides is 1. The van der Waals surface area contributed by atoms with Gasteiger partial charge in [0.2, 0.25) is 0 Å². The Labute approximate surface area is 138 Å². The van der Waals surface area contributed by atoms with Crippen molar-refractivity contribution in [2.24, 2.45) is 0 Å². The quantitative estimate of drug-likeness (QED) is 0.934. The van der Waals surface area contributed by atoms with E-state index in [9.17, 15) is 4.79 Å². The number of benzene rings is 1. The molecule has 1 N–H and O–H groups in total. The van der Waals surface area contributed by atoms with E-state index in [1.54, 1.807) is 36.2 Å². The molecule has 2 aromatic rings. The zero-order valence-electron chi connectivity index (χ0n) is 12.0. The molecule has 1 atom stereocenters. The molecule has 0 spiro atoms. The van der Waals surface area contributed by atoms with E-state index in [4.69, 9.17) is 27.9 Å². The van der Waals surface area contributed by atoms with Gasteiger partial charge in [0.25, 0.3) is 5.91 Å². The van der Waals surface area contributed by atoms with Gasteiger partial charge in [-0.1, -0.05) is 29.3 Å². The van der Waals surface area contributed by atoms with Crippen LogP contribution in [0.4, 0.5) is 0 Å². The zero-order chi connectivity index (χ0) is 15.7. The van der Waals surface area contributed by atoms with E-state index >= 15 is 0 Å². The third-order valence-corrected chi connectivity index (χ3v) is 4.48. The lowest BCUT2D eigenvalue weighted by molar-refractivity contribution is -0.138. The van der Waals surface area contributed by atoms with E-state index in [0.29, 0.717) is 28.9 Å². The summed E-state index contributed by atoms with van der Waals surface area (Å²) < 4.78 is 5.68. The molecule has 7 heteroatoms.